The average Bonchev–Trinajstić information content (AvgIpc) is 2.56. The Hall–Kier alpha value is -2.88. The predicted octanol–water partition coefficient (Wildman–Crippen LogP) is 3.43. The fourth-order valence-corrected chi connectivity index (χ4v) is 1.96. The molecule has 0 saturated carbocycles. The Morgan fingerprint density at radius 2 is 1.65 bits per heavy atom. The first kappa shape index (κ1) is 16.5. The lowest BCUT2D eigenvalue weighted by Crippen LogP contribution is -2.24. The summed E-state index contributed by atoms with van der Waals surface area (Å²) in [6, 6.07) is 14.6. The number of hydrogen-bond acceptors (Lipinski definition) is 3. The van der Waals surface area contributed by atoms with Crippen LogP contribution in [0.1, 0.15) is 11.1 Å². The highest BCUT2D eigenvalue weighted by atomic mass is 16.5. The van der Waals surface area contributed by atoms with E-state index in [1.807, 2.05) is 50.2 Å². The minimum Gasteiger partial charge on any atom is -0.423 e. The van der Waals surface area contributed by atoms with E-state index < -0.39 is 5.97 Å². The number of anilines is 1. The number of aryl methyl sites for hydroxylation is 2. The van der Waals surface area contributed by atoms with Crippen LogP contribution < -0.4 is 9.64 Å². The first-order chi connectivity index (χ1) is 11.0. The standard InChI is InChI=1S/C19H19NO3/c1-14-9-10-17(13-15(14)2)23-19(22)12-11-18(21)20(3)16-7-5-4-6-8-16/h4-13H,1-3H3/b12-11+. The van der Waals surface area contributed by atoms with Crippen molar-refractivity contribution < 1.29 is 14.3 Å². The molecule has 0 radical (unpaired) electrons. The van der Waals surface area contributed by atoms with Gasteiger partial charge in [-0.15, -0.1) is 0 Å². The zero-order valence-corrected chi connectivity index (χ0v) is 13.4. The van der Waals surface area contributed by atoms with Crippen LogP contribution in [0.5, 0.6) is 5.75 Å². The third-order valence-electron chi connectivity index (χ3n) is 3.53. The second kappa shape index (κ2) is 7.40. The highest BCUT2D eigenvalue weighted by Gasteiger charge is 2.08. The minimum atomic E-state index is -0.580. The van der Waals surface area contributed by atoms with E-state index in [4.69, 9.17) is 4.74 Å². The maximum absolute atomic E-state index is 12.0. The molecule has 0 aliphatic carbocycles. The van der Waals surface area contributed by atoms with Crippen molar-refractivity contribution in [1.29, 1.82) is 0 Å². The van der Waals surface area contributed by atoms with Gasteiger partial charge in [0.25, 0.3) is 5.91 Å². The Morgan fingerprint density at radius 3 is 2.30 bits per heavy atom. The molecule has 0 aromatic heterocycles. The Labute approximate surface area is 136 Å². The molecule has 0 saturated heterocycles. The summed E-state index contributed by atoms with van der Waals surface area (Å²) in [7, 11) is 1.65. The van der Waals surface area contributed by atoms with Gasteiger partial charge in [-0.1, -0.05) is 24.3 Å². The lowest BCUT2D eigenvalue weighted by atomic mass is 10.1. The minimum absolute atomic E-state index is 0.298. The molecule has 0 fully saturated rings. The summed E-state index contributed by atoms with van der Waals surface area (Å²) in [4.78, 5) is 25.3. The maximum atomic E-state index is 12.0. The van der Waals surface area contributed by atoms with Crippen LogP contribution in [0.25, 0.3) is 0 Å². The fraction of sp³-hybridized carbons (Fsp3) is 0.158. The Balaban J connectivity index is 1.97. The summed E-state index contributed by atoms with van der Waals surface area (Å²) in [5.74, 6) is -0.414. The summed E-state index contributed by atoms with van der Waals surface area (Å²) in [5.41, 5.74) is 2.92. The Morgan fingerprint density at radius 1 is 0.957 bits per heavy atom. The average molecular weight is 309 g/mol. The van der Waals surface area contributed by atoms with Crippen molar-refractivity contribution >= 4 is 17.6 Å². The number of esters is 1. The van der Waals surface area contributed by atoms with E-state index >= 15 is 0 Å². The number of para-hydroxylation sites is 1. The number of carbonyl (C=O) groups is 2. The van der Waals surface area contributed by atoms with E-state index in [0.717, 1.165) is 22.9 Å². The number of nitrogens with zero attached hydrogens (tertiary/aromatic N) is 1. The number of hydrogen-bond donors (Lipinski definition) is 0. The normalized spacial score (nSPS) is 10.6. The third-order valence-corrected chi connectivity index (χ3v) is 3.53. The number of carbonyl (C=O) groups excluding carboxylic acids is 2. The van der Waals surface area contributed by atoms with Crippen LogP contribution in [-0.4, -0.2) is 18.9 Å². The topological polar surface area (TPSA) is 46.6 Å². The molecule has 4 nitrogen and oxygen atoms in total. The largest absolute Gasteiger partial charge is 0.423 e. The summed E-state index contributed by atoms with van der Waals surface area (Å²) < 4.78 is 5.19. The Kier molecular flexibility index (Phi) is 5.31. The van der Waals surface area contributed by atoms with Crippen molar-refractivity contribution in [3.63, 3.8) is 0 Å². The monoisotopic (exact) mass is 309 g/mol. The van der Waals surface area contributed by atoms with Crippen molar-refractivity contribution in [3.8, 4) is 5.75 Å². The first-order valence-electron chi connectivity index (χ1n) is 7.27. The number of likely N-dealkylation sites (N-methyl/N-ethyl adjacent to an activating group) is 1. The van der Waals surface area contributed by atoms with Crippen LogP contribution in [0, 0.1) is 13.8 Å². The van der Waals surface area contributed by atoms with Crippen LogP contribution in [0.4, 0.5) is 5.69 Å². The molecule has 23 heavy (non-hydrogen) atoms. The van der Waals surface area contributed by atoms with Gasteiger partial charge in [0.1, 0.15) is 5.75 Å². The van der Waals surface area contributed by atoms with E-state index in [-0.39, 0.29) is 5.91 Å². The van der Waals surface area contributed by atoms with E-state index in [9.17, 15) is 9.59 Å². The molecule has 118 valence electrons. The predicted molar refractivity (Wildman–Crippen MR) is 90.5 cm³/mol. The van der Waals surface area contributed by atoms with Gasteiger partial charge < -0.3 is 9.64 Å². The van der Waals surface area contributed by atoms with Crippen LogP contribution in [0.15, 0.2) is 60.7 Å². The SMILES string of the molecule is Cc1ccc(OC(=O)/C=C/C(=O)N(C)c2ccccc2)cc1C. The molecule has 4 heteroatoms. The maximum Gasteiger partial charge on any atom is 0.336 e. The molecule has 0 N–H and O–H groups in total. The zero-order chi connectivity index (χ0) is 16.8. The van der Waals surface area contributed by atoms with Crippen molar-refractivity contribution in [3.05, 3.63) is 71.8 Å². The van der Waals surface area contributed by atoms with E-state index in [1.54, 1.807) is 19.2 Å². The fourth-order valence-electron chi connectivity index (χ4n) is 1.96. The van der Waals surface area contributed by atoms with Gasteiger partial charge in [-0.2, -0.15) is 0 Å². The van der Waals surface area contributed by atoms with Gasteiger partial charge >= 0.3 is 5.97 Å². The van der Waals surface area contributed by atoms with Gasteiger partial charge in [0.05, 0.1) is 0 Å². The number of ether oxygens (including phenoxy) is 1. The summed E-state index contributed by atoms with van der Waals surface area (Å²) >= 11 is 0. The molecule has 0 bridgehead atoms. The molecule has 0 aliphatic heterocycles. The van der Waals surface area contributed by atoms with Gasteiger partial charge in [0.15, 0.2) is 0 Å². The third kappa shape index (κ3) is 4.54. The highest BCUT2D eigenvalue weighted by Crippen LogP contribution is 2.16. The zero-order valence-electron chi connectivity index (χ0n) is 13.4. The van der Waals surface area contributed by atoms with Crippen LogP contribution in [-0.2, 0) is 9.59 Å². The number of benzene rings is 2. The molecule has 1 amide bonds. The van der Waals surface area contributed by atoms with Gasteiger partial charge in [-0.05, 0) is 49.2 Å². The molecule has 0 heterocycles. The van der Waals surface area contributed by atoms with Crippen molar-refractivity contribution in [2.75, 3.05) is 11.9 Å². The summed E-state index contributed by atoms with van der Waals surface area (Å²) in [6.07, 6.45) is 2.34. The van der Waals surface area contributed by atoms with E-state index in [2.05, 4.69) is 0 Å². The molecular formula is C19H19NO3. The molecule has 0 spiro atoms. The number of amides is 1. The van der Waals surface area contributed by atoms with Gasteiger partial charge in [-0.25, -0.2) is 4.79 Å². The van der Waals surface area contributed by atoms with Crippen LogP contribution in [0.2, 0.25) is 0 Å². The molecular weight excluding hydrogens is 290 g/mol. The highest BCUT2D eigenvalue weighted by molar-refractivity contribution is 6.04. The summed E-state index contributed by atoms with van der Waals surface area (Å²) in [5, 5.41) is 0. The van der Waals surface area contributed by atoms with Crippen LogP contribution in [0.3, 0.4) is 0 Å². The lowest BCUT2D eigenvalue weighted by Gasteiger charge is -2.14. The number of rotatable bonds is 4. The quantitative estimate of drug-likeness (QED) is 0.494. The van der Waals surface area contributed by atoms with Crippen molar-refractivity contribution in [2.24, 2.45) is 0 Å². The molecule has 2 rings (SSSR count). The Bertz CT molecular complexity index is 736. The lowest BCUT2D eigenvalue weighted by molar-refractivity contribution is -0.129. The van der Waals surface area contributed by atoms with Gasteiger partial charge in [-0.3, -0.25) is 4.79 Å². The summed E-state index contributed by atoms with van der Waals surface area (Å²) in [6.45, 7) is 3.93. The molecule has 0 atom stereocenters. The second-order valence-corrected chi connectivity index (χ2v) is 5.23. The van der Waals surface area contributed by atoms with Gasteiger partial charge in [0, 0.05) is 24.9 Å². The second-order valence-electron chi connectivity index (χ2n) is 5.23. The molecule has 0 unspecified atom stereocenters. The van der Waals surface area contributed by atoms with Crippen molar-refractivity contribution in [2.45, 2.75) is 13.8 Å². The van der Waals surface area contributed by atoms with Gasteiger partial charge in [0.2, 0.25) is 0 Å². The van der Waals surface area contributed by atoms with Crippen molar-refractivity contribution in [1.82, 2.24) is 0 Å². The molecule has 0 aliphatic rings. The van der Waals surface area contributed by atoms with E-state index in [0.29, 0.717) is 5.75 Å². The van der Waals surface area contributed by atoms with E-state index in [1.165, 1.54) is 11.0 Å². The smallest absolute Gasteiger partial charge is 0.336 e. The van der Waals surface area contributed by atoms with Crippen LogP contribution >= 0.6 is 0 Å². The molecule has 2 aromatic carbocycles. The molecule has 2 aromatic rings. The first-order valence-corrected chi connectivity index (χ1v) is 7.27.